The molecule has 3 rings (SSSR count). The number of hydrogen-bond acceptors (Lipinski definition) is 6. The zero-order valence-electron chi connectivity index (χ0n) is 11.9. The summed E-state index contributed by atoms with van der Waals surface area (Å²) in [7, 11) is -3.11. The van der Waals surface area contributed by atoms with Gasteiger partial charge in [-0.05, 0) is 31.2 Å². The summed E-state index contributed by atoms with van der Waals surface area (Å²) in [6.45, 7) is 1.50. The largest absolute Gasteiger partial charge is 0.315 e. The van der Waals surface area contributed by atoms with E-state index in [4.69, 9.17) is 0 Å². The Kier molecular flexibility index (Phi) is 3.98. The van der Waals surface area contributed by atoms with Gasteiger partial charge < -0.3 is 4.90 Å². The Morgan fingerprint density at radius 3 is 2.68 bits per heavy atom. The number of nitrogens with zero attached hydrogens (tertiary/aromatic N) is 2. The predicted molar refractivity (Wildman–Crippen MR) is 85.7 cm³/mol. The van der Waals surface area contributed by atoms with E-state index in [0.717, 1.165) is 0 Å². The van der Waals surface area contributed by atoms with Gasteiger partial charge in [0.15, 0.2) is 15.0 Å². The molecule has 0 amide bonds. The number of ketones is 1. The van der Waals surface area contributed by atoms with E-state index in [1.54, 1.807) is 12.1 Å². The summed E-state index contributed by atoms with van der Waals surface area (Å²) in [4.78, 5) is 17.5. The lowest BCUT2D eigenvalue weighted by molar-refractivity contribution is -0.114. The molecule has 2 heterocycles. The fraction of sp³-hybridized carbons (Fsp3) is 0.429. The number of Topliss-reactive ketones (excluding diaryl/α,β-unsaturated/α-hetero) is 1. The van der Waals surface area contributed by atoms with Gasteiger partial charge in [-0.25, -0.2) is 12.8 Å². The van der Waals surface area contributed by atoms with E-state index in [1.807, 2.05) is 4.90 Å². The third-order valence-corrected chi connectivity index (χ3v) is 6.43. The maximum absolute atomic E-state index is 13.1. The summed E-state index contributed by atoms with van der Waals surface area (Å²) in [5.74, 6) is 0.00934. The first-order valence-corrected chi connectivity index (χ1v) is 9.62. The monoisotopic (exact) mass is 342 g/mol. The highest BCUT2D eigenvalue weighted by molar-refractivity contribution is 8.14. The molecule has 8 heteroatoms. The number of hydrogen-bond donors (Lipinski definition) is 0. The van der Waals surface area contributed by atoms with Crippen LogP contribution in [0.2, 0.25) is 0 Å². The lowest BCUT2D eigenvalue weighted by Crippen LogP contribution is -2.39. The number of carbonyl (C=O) groups is 1. The molecule has 22 heavy (non-hydrogen) atoms. The highest BCUT2D eigenvalue weighted by atomic mass is 32.2. The SMILES string of the molecule is CC(=O)CSC1=N[C@H]2CS(=O)(=O)C[C@H]2N1c1ccc(F)cc1. The summed E-state index contributed by atoms with van der Waals surface area (Å²) < 4.78 is 36.8. The summed E-state index contributed by atoms with van der Waals surface area (Å²) in [6.07, 6.45) is 0. The van der Waals surface area contributed by atoms with Crippen molar-refractivity contribution in [1.82, 2.24) is 0 Å². The Morgan fingerprint density at radius 1 is 1.36 bits per heavy atom. The van der Waals surface area contributed by atoms with Crippen molar-refractivity contribution in [2.75, 3.05) is 22.2 Å². The van der Waals surface area contributed by atoms with Crippen molar-refractivity contribution >= 4 is 38.2 Å². The Bertz CT molecular complexity index is 731. The maximum Gasteiger partial charge on any atom is 0.164 e. The van der Waals surface area contributed by atoms with Gasteiger partial charge in [0.05, 0.1) is 29.3 Å². The zero-order valence-corrected chi connectivity index (χ0v) is 13.5. The van der Waals surface area contributed by atoms with Gasteiger partial charge >= 0.3 is 0 Å². The molecule has 1 aromatic carbocycles. The van der Waals surface area contributed by atoms with E-state index in [9.17, 15) is 17.6 Å². The van der Waals surface area contributed by atoms with Crippen LogP contribution in [0.1, 0.15) is 6.92 Å². The maximum atomic E-state index is 13.1. The second-order valence-electron chi connectivity index (χ2n) is 5.46. The van der Waals surface area contributed by atoms with Gasteiger partial charge in [-0.3, -0.25) is 9.79 Å². The van der Waals surface area contributed by atoms with Gasteiger partial charge in [0.2, 0.25) is 0 Å². The summed E-state index contributed by atoms with van der Waals surface area (Å²) in [5.41, 5.74) is 0.695. The molecule has 5 nitrogen and oxygen atoms in total. The lowest BCUT2D eigenvalue weighted by Gasteiger charge is -2.26. The van der Waals surface area contributed by atoms with Crippen LogP contribution < -0.4 is 4.90 Å². The summed E-state index contributed by atoms with van der Waals surface area (Å²) in [6, 6.07) is 5.28. The number of carbonyl (C=O) groups excluding carboxylic acids is 1. The van der Waals surface area contributed by atoms with Crippen molar-refractivity contribution in [1.29, 1.82) is 0 Å². The Labute approximate surface area is 132 Å². The van der Waals surface area contributed by atoms with E-state index < -0.39 is 9.84 Å². The zero-order chi connectivity index (χ0) is 15.9. The van der Waals surface area contributed by atoms with Gasteiger partial charge in [-0.15, -0.1) is 0 Å². The first-order valence-electron chi connectivity index (χ1n) is 6.81. The Balaban J connectivity index is 1.93. The van der Waals surface area contributed by atoms with Crippen LogP contribution >= 0.6 is 11.8 Å². The van der Waals surface area contributed by atoms with Crippen molar-refractivity contribution in [3.05, 3.63) is 30.1 Å². The molecule has 0 unspecified atom stereocenters. The van der Waals surface area contributed by atoms with Gasteiger partial charge in [0.1, 0.15) is 11.6 Å². The number of thioether (sulfide) groups is 1. The van der Waals surface area contributed by atoms with E-state index in [-0.39, 0.29) is 40.9 Å². The second-order valence-corrected chi connectivity index (χ2v) is 8.56. The topological polar surface area (TPSA) is 66.8 Å². The van der Waals surface area contributed by atoms with Crippen LogP contribution in [-0.4, -0.2) is 48.7 Å². The standard InChI is InChI=1S/C14H15FN2O3S2/c1-9(18)6-21-14-16-12-7-22(19,20)8-13(12)17(14)11-4-2-10(15)3-5-11/h2-5,12-13H,6-8H2,1H3/t12-,13+/m0/s1. The smallest absolute Gasteiger partial charge is 0.164 e. The molecule has 2 aliphatic heterocycles. The predicted octanol–water partition coefficient (Wildman–Crippen LogP) is 1.49. The molecular weight excluding hydrogens is 327 g/mol. The number of amidine groups is 1. The number of benzene rings is 1. The van der Waals surface area contributed by atoms with Crippen molar-refractivity contribution < 1.29 is 17.6 Å². The molecular formula is C14H15FN2O3S2. The second kappa shape index (κ2) is 5.66. The number of aliphatic imine (C=N–C) groups is 1. The van der Waals surface area contributed by atoms with Crippen molar-refractivity contribution in [2.45, 2.75) is 19.0 Å². The number of fused-ring (bicyclic) bond motifs is 1. The van der Waals surface area contributed by atoms with E-state index >= 15 is 0 Å². The summed E-state index contributed by atoms with van der Waals surface area (Å²) in [5, 5.41) is 0.631. The van der Waals surface area contributed by atoms with E-state index in [1.165, 1.54) is 30.8 Å². The first kappa shape index (κ1) is 15.5. The molecule has 2 atom stereocenters. The average Bonchev–Trinajstić information content (AvgIpc) is 2.89. The molecule has 2 aliphatic rings. The molecule has 118 valence electrons. The molecule has 0 N–H and O–H groups in total. The fourth-order valence-electron chi connectivity index (χ4n) is 2.70. The van der Waals surface area contributed by atoms with E-state index in [0.29, 0.717) is 10.9 Å². The van der Waals surface area contributed by atoms with Crippen LogP contribution in [0.3, 0.4) is 0 Å². The van der Waals surface area contributed by atoms with E-state index in [2.05, 4.69) is 4.99 Å². The summed E-state index contributed by atoms with van der Waals surface area (Å²) >= 11 is 1.29. The fourth-order valence-corrected chi connectivity index (χ4v) is 5.47. The normalized spacial score (nSPS) is 25.9. The molecule has 1 saturated heterocycles. The Morgan fingerprint density at radius 2 is 2.05 bits per heavy atom. The Hall–Kier alpha value is -1.41. The molecule has 0 aliphatic carbocycles. The van der Waals surface area contributed by atoms with Crippen LogP contribution in [0.15, 0.2) is 29.3 Å². The number of sulfone groups is 1. The quantitative estimate of drug-likeness (QED) is 0.833. The highest BCUT2D eigenvalue weighted by Crippen LogP contribution is 2.35. The van der Waals surface area contributed by atoms with Gasteiger partial charge in [-0.2, -0.15) is 0 Å². The minimum absolute atomic E-state index is 0.0245. The van der Waals surface area contributed by atoms with Crippen LogP contribution in [0.25, 0.3) is 0 Å². The number of anilines is 1. The van der Waals surface area contributed by atoms with Crippen LogP contribution in [-0.2, 0) is 14.6 Å². The van der Waals surface area contributed by atoms with Gasteiger partial charge in [0.25, 0.3) is 0 Å². The van der Waals surface area contributed by atoms with Crippen LogP contribution in [0.4, 0.5) is 10.1 Å². The molecule has 0 spiro atoms. The third kappa shape index (κ3) is 3.03. The van der Waals surface area contributed by atoms with Crippen LogP contribution in [0, 0.1) is 5.82 Å². The molecule has 1 fully saturated rings. The van der Waals surface area contributed by atoms with Crippen LogP contribution in [0.5, 0.6) is 0 Å². The van der Waals surface area contributed by atoms with Crippen molar-refractivity contribution in [3.8, 4) is 0 Å². The molecule has 0 aromatic heterocycles. The lowest BCUT2D eigenvalue weighted by atomic mass is 10.1. The van der Waals surface area contributed by atoms with Gasteiger partial charge in [0, 0.05) is 5.69 Å². The molecule has 1 aromatic rings. The van der Waals surface area contributed by atoms with Crippen molar-refractivity contribution in [2.24, 2.45) is 4.99 Å². The molecule has 0 saturated carbocycles. The highest BCUT2D eigenvalue weighted by Gasteiger charge is 2.47. The van der Waals surface area contributed by atoms with Crippen molar-refractivity contribution in [3.63, 3.8) is 0 Å². The first-order chi connectivity index (χ1) is 10.4. The average molecular weight is 342 g/mol. The van der Waals surface area contributed by atoms with Gasteiger partial charge in [-0.1, -0.05) is 11.8 Å². The third-order valence-electron chi connectivity index (χ3n) is 3.62. The molecule has 0 bridgehead atoms. The minimum Gasteiger partial charge on any atom is -0.315 e. The number of rotatable bonds is 3. The minimum atomic E-state index is -3.11. The number of halogens is 1. The molecule has 0 radical (unpaired) electrons.